The molecule has 0 unspecified atom stereocenters. The molecule has 1 aliphatic rings. The highest BCUT2D eigenvalue weighted by molar-refractivity contribution is 5.97. The van der Waals surface area contributed by atoms with Crippen LogP contribution in [0.1, 0.15) is 34.0 Å². The minimum atomic E-state index is -0.888. The van der Waals surface area contributed by atoms with Crippen LogP contribution in [0.3, 0.4) is 0 Å². The summed E-state index contributed by atoms with van der Waals surface area (Å²) in [6, 6.07) is 5.42. The number of ether oxygens (including phenoxy) is 1. The van der Waals surface area contributed by atoms with Gasteiger partial charge in [-0.3, -0.25) is 9.59 Å². The van der Waals surface area contributed by atoms with Crippen molar-refractivity contribution in [2.75, 3.05) is 20.2 Å². The maximum absolute atomic E-state index is 13.0. The second-order valence-electron chi connectivity index (χ2n) is 6.23. The average molecular weight is 344 g/mol. The molecule has 1 fully saturated rings. The van der Waals surface area contributed by atoms with Gasteiger partial charge in [-0.25, -0.2) is 0 Å². The van der Waals surface area contributed by atoms with Gasteiger partial charge in [0.2, 0.25) is 0 Å². The maximum Gasteiger partial charge on any atom is 0.303 e. The van der Waals surface area contributed by atoms with Gasteiger partial charge in [-0.2, -0.15) is 15.4 Å². The lowest BCUT2D eigenvalue weighted by Gasteiger charge is -2.19. The number of benzene rings is 1. The van der Waals surface area contributed by atoms with Crippen LogP contribution >= 0.6 is 0 Å². The zero-order chi connectivity index (χ0) is 18.0. The van der Waals surface area contributed by atoms with Crippen molar-refractivity contribution in [2.45, 2.75) is 19.3 Å². The number of aryl methyl sites for hydroxylation is 1. The molecule has 1 saturated heterocycles. The van der Waals surface area contributed by atoms with Crippen molar-refractivity contribution >= 4 is 11.9 Å². The highest BCUT2D eigenvalue weighted by atomic mass is 16.5. The van der Waals surface area contributed by atoms with E-state index < -0.39 is 5.97 Å². The summed E-state index contributed by atoms with van der Waals surface area (Å²) in [5.74, 6) is -0.869. The second-order valence-corrected chi connectivity index (χ2v) is 6.23. The molecule has 25 heavy (non-hydrogen) atoms. The van der Waals surface area contributed by atoms with E-state index in [9.17, 15) is 14.7 Å². The Morgan fingerprint density at radius 3 is 2.84 bits per heavy atom. The SMILES string of the molecule is COc1c(C)cccc1C(=O)N1C[C@H](CC(=O)O)[C@H](c2cn[nH]n2)C1. The van der Waals surface area contributed by atoms with Crippen LogP contribution in [0.15, 0.2) is 24.4 Å². The van der Waals surface area contributed by atoms with Crippen molar-refractivity contribution in [3.63, 3.8) is 0 Å². The summed E-state index contributed by atoms with van der Waals surface area (Å²) in [5, 5.41) is 19.6. The molecule has 0 bridgehead atoms. The minimum absolute atomic E-state index is 0.0216. The summed E-state index contributed by atoms with van der Waals surface area (Å²) in [7, 11) is 1.54. The van der Waals surface area contributed by atoms with Crippen LogP contribution in [0, 0.1) is 12.8 Å². The molecular formula is C17H20N4O4. The molecule has 1 aromatic carbocycles. The van der Waals surface area contributed by atoms with Crippen LogP contribution < -0.4 is 4.74 Å². The predicted molar refractivity (Wildman–Crippen MR) is 88.5 cm³/mol. The molecule has 1 aromatic heterocycles. The average Bonchev–Trinajstić information content (AvgIpc) is 3.22. The fourth-order valence-corrected chi connectivity index (χ4v) is 3.45. The molecule has 2 N–H and O–H groups in total. The standard InChI is InChI=1S/C17H20N4O4/c1-10-4-3-5-12(16(10)25-2)17(24)21-8-11(6-15(22)23)13(9-21)14-7-18-20-19-14/h3-5,7,11,13H,6,8-9H2,1-2H3,(H,22,23)(H,18,19,20)/t11-,13+/m0/s1. The van der Waals surface area contributed by atoms with Crippen molar-refractivity contribution in [3.05, 3.63) is 41.2 Å². The number of aliphatic carboxylic acids is 1. The van der Waals surface area contributed by atoms with E-state index in [2.05, 4.69) is 15.4 Å². The van der Waals surface area contributed by atoms with Crippen LogP contribution in [0.4, 0.5) is 0 Å². The number of H-pyrrole nitrogens is 1. The van der Waals surface area contributed by atoms with Gasteiger partial charge in [0.1, 0.15) is 5.75 Å². The summed E-state index contributed by atoms with van der Waals surface area (Å²) in [6.45, 7) is 2.64. The Labute approximate surface area is 144 Å². The first-order valence-electron chi connectivity index (χ1n) is 8.01. The van der Waals surface area contributed by atoms with Gasteiger partial charge in [0.15, 0.2) is 0 Å². The zero-order valence-corrected chi connectivity index (χ0v) is 14.1. The molecule has 3 rings (SSSR count). The number of aromatic nitrogens is 3. The van der Waals surface area contributed by atoms with E-state index in [1.54, 1.807) is 17.2 Å². The van der Waals surface area contributed by atoms with E-state index in [1.807, 2.05) is 19.1 Å². The first-order chi connectivity index (χ1) is 12.0. The number of methoxy groups -OCH3 is 1. The van der Waals surface area contributed by atoms with Gasteiger partial charge in [0.25, 0.3) is 5.91 Å². The van der Waals surface area contributed by atoms with Crippen molar-refractivity contribution in [2.24, 2.45) is 5.92 Å². The number of rotatable bonds is 5. The molecule has 0 saturated carbocycles. The van der Waals surface area contributed by atoms with Crippen molar-refractivity contribution in [1.29, 1.82) is 0 Å². The first-order valence-corrected chi connectivity index (χ1v) is 8.01. The molecule has 8 heteroatoms. The highest BCUT2D eigenvalue weighted by Crippen LogP contribution is 2.35. The predicted octanol–water partition coefficient (Wildman–Crippen LogP) is 1.45. The van der Waals surface area contributed by atoms with Crippen LogP contribution in [-0.2, 0) is 4.79 Å². The maximum atomic E-state index is 13.0. The first kappa shape index (κ1) is 16.9. The van der Waals surface area contributed by atoms with Crippen LogP contribution in [0.5, 0.6) is 5.75 Å². The van der Waals surface area contributed by atoms with Crippen molar-refractivity contribution in [3.8, 4) is 5.75 Å². The summed E-state index contributed by atoms with van der Waals surface area (Å²) < 4.78 is 5.38. The lowest BCUT2D eigenvalue weighted by molar-refractivity contribution is -0.138. The number of para-hydroxylation sites is 1. The largest absolute Gasteiger partial charge is 0.496 e. The molecule has 2 atom stereocenters. The molecule has 0 spiro atoms. The van der Waals surface area contributed by atoms with E-state index in [0.29, 0.717) is 30.1 Å². The summed E-state index contributed by atoms with van der Waals surface area (Å²) in [6.07, 6.45) is 1.56. The monoisotopic (exact) mass is 344 g/mol. The minimum Gasteiger partial charge on any atom is -0.496 e. The Morgan fingerprint density at radius 2 is 2.20 bits per heavy atom. The summed E-state index contributed by atoms with van der Waals surface area (Å²) in [4.78, 5) is 25.8. The van der Waals surface area contributed by atoms with E-state index in [-0.39, 0.29) is 24.2 Å². The topological polar surface area (TPSA) is 108 Å². The fraction of sp³-hybridized carbons (Fsp3) is 0.412. The Hall–Kier alpha value is -2.90. The number of carbonyl (C=O) groups excluding carboxylic acids is 1. The van der Waals surface area contributed by atoms with Gasteiger partial charge in [0, 0.05) is 19.0 Å². The second kappa shape index (κ2) is 6.92. The van der Waals surface area contributed by atoms with Gasteiger partial charge in [-0.15, -0.1) is 0 Å². The number of nitrogens with one attached hydrogen (secondary N) is 1. The smallest absolute Gasteiger partial charge is 0.303 e. The highest BCUT2D eigenvalue weighted by Gasteiger charge is 2.39. The zero-order valence-electron chi connectivity index (χ0n) is 14.1. The molecule has 0 radical (unpaired) electrons. The third kappa shape index (κ3) is 3.33. The fourth-order valence-electron chi connectivity index (χ4n) is 3.45. The number of hydrogen-bond acceptors (Lipinski definition) is 5. The molecule has 132 valence electrons. The molecular weight excluding hydrogens is 324 g/mol. The number of likely N-dealkylation sites (tertiary alicyclic amines) is 1. The van der Waals surface area contributed by atoms with E-state index >= 15 is 0 Å². The lowest BCUT2D eigenvalue weighted by Crippen LogP contribution is -2.29. The van der Waals surface area contributed by atoms with Gasteiger partial charge >= 0.3 is 5.97 Å². The number of carboxylic acid groups (broad SMARTS) is 1. The van der Waals surface area contributed by atoms with E-state index in [4.69, 9.17) is 4.74 Å². The van der Waals surface area contributed by atoms with Gasteiger partial charge in [0.05, 0.1) is 31.0 Å². The molecule has 0 aliphatic carbocycles. The molecule has 2 heterocycles. The van der Waals surface area contributed by atoms with Gasteiger partial charge < -0.3 is 14.7 Å². The number of carboxylic acids is 1. The van der Waals surface area contributed by atoms with Gasteiger partial charge in [-0.1, -0.05) is 12.1 Å². The summed E-state index contributed by atoms with van der Waals surface area (Å²) >= 11 is 0. The third-order valence-electron chi connectivity index (χ3n) is 4.63. The number of amides is 1. The number of hydrogen-bond donors (Lipinski definition) is 2. The van der Waals surface area contributed by atoms with E-state index in [0.717, 1.165) is 5.56 Å². The molecule has 2 aromatic rings. The van der Waals surface area contributed by atoms with Crippen LogP contribution in [0.25, 0.3) is 0 Å². The quantitative estimate of drug-likeness (QED) is 0.850. The Balaban J connectivity index is 1.87. The molecule has 1 aliphatic heterocycles. The molecule has 8 nitrogen and oxygen atoms in total. The number of aromatic amines is 1. The lowest BCUT2D eigenvalue weighted by atomic mass is 9.91. The summed E-state index contributed by atoms with van der Waals surface area (Å²) in [5.41, 5.74) is 2.04. The van der Waals surface area contributed by atoms with Crippen LogP contribution in [0.2, 0.25) is 0 Å². The third-order valence-corrected chi connectivity index (χ3v) is 4.63. The van der Waals surface area contributed by atoms with Crippen molar-refractivity contribution < 1.29 is 19.4 Å². The Morgan fingerprint density at radius 1 is 1.40 bits per heavy atom. The Kier molecular flexibility index (Phi) is 4.69. The van der Waals surface area contributed by atoms with Crippen molar-refractivity contribution in [1.82, 2.24) is 20.3 Å². The van der Waals surface area contributed by atoms with E-state index in [1.165, 1.54) is 7.11 Å². The normalized spacial score (nSPS) is 19.8. The van der Waals surface area contributed by atoms with Crippen LogP contribution in [-0.4, -0.2) is 57.5 Å². The Bertz CT molecular complexity index is 775. The number of carbonyl (C=O) groups is 2. The number of nitrogens with zero attached hydrogens (tertiary/aromatic N) is 3. The van der Waals surface area contributed by atoms with Gasteiger partial charge in [-0.05, 0) is 24.5 Å². The molecule has 1 amide bonds.